The molecule has 1 spiro atoms. The predicted octanol–water partition coefficient (Wildman–Crippen LogP) is 4.49. The summed E-state index contributed by atoms with van der Waals surface area (Å²) in [6.45, 7) is 12.2. The Kier molecular flexibility index (Phi) is 5.44. The Morgan fingerprint density at radius 1 is 1.16 bits per heavy atom. The van der Waals surface area contributed by atoms with Crippen molar-refractivity contribution >= 4 is 11.8 Å². The highest BCUT2D eigenvalue weighted by Gasteiger charge is 2.77. The highest BCUT2D eigenvalue weighted by atomic mass is 16.7. The molecule has 204 valence electrons. The van der Waals surface area contributed by atoms with E-state index in [0.717, 1.165) is 12.0 Å². The lowest BCUT2D eigenvalue weighted by Crippen LogP contribution is -2.68. The number of ether oxygens (including phenoxy) is 4. The Balaban J connectivity index is 1.51. The minimum Gasteiger partial charge on any atom is -0.496 e. The minimum absolute atomic E-state index is 0.0101. The van der Waals surface area contributed by atoms with Crippen molar-refractivity contribution in [3.05, 3.63) is 53.1 Å². The molecule has 7 heteroatoms. The maximum Gasteiger partial charge on any atom is 0.342 e. The highest BCUT2D eigenvalue weighted by molar-refractivity contribution is 5.96. The molecule has 38 heavy (non-hydrogen) atoms. The number of Topliss-reactive ketones (excluding diaryl/α,β-unsaturated/α-hetero) is 1. The van der Waals surface area contributed by atoms with Gasteiger partial charge in [-0.3, -0.25) is 4.79 Å². The SMILES string of the molecule is COc1ccccc1C(=O)OC1C(C)=CC23C(=O)C(C=C4COC(C)(C)OC4C12O)C1C(C[C@H]3C)C1(C)C. The number of benzene rings is 1. The molecule has 7 unspecified atom stereocenters. The zero-order valence-corrected chi connectivity index (χ0v) is 23.2. The van der Waals surface area contributed by atoms with Gasteiger partial charge in [0.15, 0.2) is 23.3 Å². The molecule has 7 nitrogen and oxygen atoms in total. The van der Waals surface area contributed by atoms with Crippen molar-refractivity contribution in [2.75, 3.05) is 13.7 Å². The Hall–Kier alpha value is -2.48. The van der Waals surface area contributed by atoms with Gasteiger partial charge in [-0.05, 0) is 73.6 Å². The van der Waals surface area contributed by atoms with Crippen LogP contribution in [0.15, 0.2) is 47.6 Å². The smallest absolute Gasteiger partial charge is 0.342 e. The molecule has 0 amide bonds. The number of hydrogen-bond acceptors (Lipinski definition) is 7. The largest absolute Gasteiger partial charge is 0.496 e. The number of ketones is 1. The summed E-state index contributed by atoms with van der Waals surface area (Å²) < 4.78 is 24.1. The molecule has 1 aromatic carbocycles. The molecule has 2 saturated carbocycles. The molecular formula is C31H38O7. The van der Waals surface area contributed by atoms with Gasteiger partial charge in [-0.25, -0.2) is 4.79 Å². The lowest BCUT2D eigenvalue weighted by molar-refractivity contribution is -0.302. The Morgan fingerprint density at radius 3 is 2.58 bits per heavy atom. The molecule has 0 radical (unpaired) electrons. The molecule has 5 aliphatic rings. The molecule has 1 saturated heterocycles. The molecule has 1 aliphatic heterocycles. The molecule has 4 aliphatic carbocycles. The van der Waals surface area contributed by atoms with Crippen LogP contribution in [0.25, 0.3) is 0 Å². The summed E-state index contributed by atoms with van der Waals surface area (Å²) in [5.74, 6) is -1.25. The highest BCUT2D eigenvalue weighted by Crippen LogP contribution is 2.72. The van der Waals surface area contributed by atoms with Gasteiger partial charge in [-0.2, -0.15) is 0 Å². The van der Waals surface area contributed by atoms with Gasteiger partial charge in [0.05, 0.1) is 19.1 Å². The lowest BCUT2D eigenvalue weighted by Gasteiger charge is -2.52. The Bertz CT molecular complexity index is 1270. The van der Waals surface area contributed by atoms with Crippen LogP contribution >= 0.6 is 0 Å². The van der Waals surface area contributed by atoms with Gasteiger partial charge in [-0.15, -0.1) is 0 Å². The maximum atomic E-state index is 14.7. The monoisotopic (exact) mass is 522 g/mol. The van der Waals surface area contributed by atoms with Crippen molar-refractivity contribution in [3.8, 4) is 5.75 Å². The van der Waals surface area contributed by atoms with E-state index in [0.29, 0.717) is 17.2 Å². The minimum atomic E-state index is -1.84. The first-order chi connectivity index (χ1) is 17.8. The van der Waals surface area contributed by atoms with Crippen molar-refractivity contribution < 1.29 is 33.6 Å². The number of para-hydroxylation sites is 1. The lowest BCUT2D eigenvalue weighted by atomic mass is 9.59. The van der Waals surface area contributed by atoms with E-state index in [-0.39, 0.29) is 41.1 Å². The van der Waals surface area contributed by atoms with Gasteiger partial charge in [0.2, 0.25) is 0 Å². The van der Waals surface area contributed by atoms with Gasteiger partial charge in [0.25, 0.3) is 0 Å². The van der Waals surface area contributed by atoms with Crippen LogP contribution in [0.3, 0.4) is 0 Å². The third-order valence-corrected chi connectivity index (χ3v) is 10.2. The van der Waals surface area contributed by atoms with Gasteiger partial charge in [0.1, 0.15) is 17.4 Å². The van der Waals surface area contributed by atoms with Crippen LogP contribution in [0.1, 0.15) is 58.3 Å². The van der Waals surface area contributed by atoms with Crippen molar-refractivity contribution in [1.82, 2.24) is 0 Å². The second-order valence-electron chi connectivity index (χ2n) is 13.0. The molecule has 1 aromatic rings. The zero-order chi connectivity index (χ0) is 27.4. The zero-order valence-electron chi connectivity index (χ0n) is 23.2. The summed E-state index contributed by atoms with van der Waals surface area (Å²) in [5.41, 5.74) is -1.43. The van der Waals surface area contributed by atoms with Crippen molar-refractivity contribution in [2.24, 2.45) is 34.5 Å². The predicted molar refractivity (Wildman–Crippen MR) is 139 cm³/mol. The van der Waals surface area contributed by atoms with E-state index in [2.05, 4.69) is 20.8 Å². The van der Waals surface area contributed by atoms with Crippen LogP contribution in [0.5, 0.6) is 5.75 Å². The molecule has 1 N–H and O–H groups in total. The van der Waals surface area contributed by atoms with Crippen LogP contribution in [0.4, 0.5) is 0 Å². The fourth-order valence-electron chi connectivity index (χ4n) is 8.28. The van der Waals surface area contributed by atoms with Crippen molar-refractivity contribution in [1.29, 1.82) is 0 Å². The number of rotatable bonds is 3. The first-order valence-electron chi connectivity index (χ1n) is 13.6. The molecule has 6 rings (SSSR count). The molecule has 3 fully saturated rings. The Morgan fingerprint density at radius 2 is 1.87 bits per heavy atom. The van der Waals surface area contributed by atoms with Gasteiger partial charge < -0.3 is 24.1 Å². The number of aliphatic hydroxyl groups is 1. The molecular weight excluding hydrogens is 484 g/mol. The summed E-state index contributed by atoms with van der Waals surface area (Å²) in [4.78, 5) is 28.3. The van der Waals surface area contributed by atoms with E-state index in [9.17, 15) is 14.7 Å². The van der Waals surface area contributed by atoms with Crippen LogP contribution < -0.4 is 4.74 Å². The molecule has 8 atom stereocenters. The van der Waals surface area contributed by atoms with E-state index in [4.69, 9.17) is 18.9 Å². The fraction of sp³-hybridized carbons (Fsp3) is 0.613. The van der Waals surface area contributed by atoms with Crippen molar-refractivity contribution in [3.63, 3.8) is 0 Å². The number of hydrogen-bond donors (Lipinski definition) is 1. The second-order valence-corrected chi connectivity index (χ2v) is 13.0. The van der Waals surface area contributed by atoms with E-state index >= 15 is 0 Å². The van der Waals surface area contributed by atoms with Gasteiger partial charge in [0, 0.05) is 5.92 Å². The van der Waals surface area contributed by atoms with Crippen LogP contribution in [0, 0.1) is 34.5 Å². The van der Waals surface area contributed by atoms with E-state index in [1.165, 1.54) is 7.11 Å². The van der Waals surface area contributed by atoms with Gasteiger partial charge >= 0.3 is 5.97 Å². The topological polar surface area (TPSA) is 91.3 Å². The van der Waals surface area contributed by atoms with Gasteiger partial charge in [-0.1, -0.05) is 45.1 Å². The maximum absolute atomic E-state index is 14.7. The third-order valence-electron chi connectivity index (χ3n) is 10.2. The first kappa shape index (κ1) is 25.8. The fourth-order valence-corrected chi connectivity index (χ4v) is 8.28. The molecule has 2 bridgehead atoms. The number of fused-ring (bicyclic) bond motifs is 5. The summed E-state index contributed by atoms with van der Waals surface area (Å²) in [6, 6.07) is 6.83. The molecule has 1 heterocycles. The van der Waals surface area contributed by atoms with E-state index in [1.54, 1.807) is 38.1 Å². The summed E-state index contributed by atoms with van der Waals surface area (Å²) in [6.07, 6.45) is 2.73. The number of carbonyl (C=O) groups is 2. The number of allylic oxidation sites excluding steroid dienone is 1. The molecule has 0 aromatic heterocycles. The third kappa shape index (κ3) is 3.18. The van der Waals surface area contributed by atoms with E-state index < -0.39 is 35.0 Å². The normalized spacial score (nSPS) is 41.8. The summed E-state index contributed by atoms with van der Waals surface area (Å²) in [5, 5.41) is 13.1. The average Bonchev–Trinajstić information content (AvgIpc) is 3.36. The second kappa shape index (κ2) is 8.03. The number of esters is 1. The summed E-state index contributed by atoms with van der Waals surface area (Å²) >= 11 is 0. The van der Waals surface area contributed by atoms with Crippen LogP contribution in [0.2, 0.25) is 0 Å². The first-order valence-corrected chi connectivity index (χ1v) is 13.6. The summed E-state index contributed by atoms with van der Waals surface area (Å²) in [7, 11) is 1.49. The quantitative estimate of drug-likeness (QED) is 0.462. The van der Waals surface area contributed by atoms with Crippen molar-refractivity contribution in [2.45, 2.75) is 71.6 Å². The Labute approximate surface area is 224 Å². The van der Waals surface area contributed by atoms with Crippen LogP contribution in [-0.4, -0.2) is 54.2 Å². The average molecular weight is 523 g/mol. The van der Waals surface area contributed by atoms with Crippen LogP contribution in [-0.2, 0) is 19.0 Å². The standard InChI is InChI=1S/C31H38O7/c1-16-14-30-17(2)12-21-23(28(21,3)4)20(24(30)32)13-18-15-36-29(5,6)38-26(18)31(30,34)25(16)37-27(33)19-10-8-9-11-22(19)35-7/h8-11,13-14,17,20-21,23,25-26,34H,12,15H2,1-7H3/t17-,20?,21?,23?,25?,26?,30?,31?/m1/s1. The number of carbonyl (C=O) groups excluding carboxylic acids is 2. The van der Waals surface area contributed by atoms with E-state index in [1.807, 2.05) is 19.1 Å². The number of methoxy groups -OCH3 is 1.